The van der Waals surface area contributed by atoms with Gasteiger partial charge in [-0.2, -0.15) is 5.10 Å². The van der Waals surface area contributed by atoms with Crippen LogP contribution >= 0.6 is 31.9 Å². The number of phenolic OH excluding ortho intramolecular Hbond substituents is 1. The van der Waals surface area contributed by atoms with Gasteiger partial charge < -0.3 is 5.11 Å². The SMILES string of the molecule is CC(=NNc1cc(C)nc(-c2cc(Br)cc(Br)c2O)n1)c1cccc([N+](=O)[O-])c1. The first-order valence-electron chi connectivity index (χ1n) is 8.34. The summed E-state index contributed by atoms with van der Waals surface area (Å²) in [5, 5.41) is 25.6. The number of halogens is 2. The third-order valence-corrected chi connectivity index (χ3v) is 5.00. The summed E-state index contributed by atoms with van der Waals surface area (Å²) in [6.45, 7) is 3.54. The number of hydrogen-bond donors (Lipinski definition) is 2. The summed E-state index contributed by atoms with van der Waals surface area (Å²) in [5.74, 6) is 0.781. The quantitative estimate of drug-likeness (QED) is 0.263. The Bertz CT molecular complexity index is 1130. The van der Waals surface area contributed by atoms with Gasteiger partial charge in [-0.05, 0) is 41.9 Å². The molecule has 2 N–H and O–H groups in total. The van der Waals surface area contributed by atoms with E-state index in [0.717, 1.165) is 4.47 Å². The third kappa shape index (κ3) is 4.96. The van der Waals surface area contributed by atoms with E-state index in [1.165, 1.54) is 12.1 Å². The minimum atomic E-state index is -0.452. The Morgan fingerprint density at radius 1 is 1.21 bits per heavy atom. The number of nitrogens with zero attached hydrogens (tertiary/aromatic N) is 4. The van der Waals surface area contributed by atoms with E-state index in [4.69, 9.17) is 0 Å². The van der Waals surface area contributed by atoms with E-state index in [1.54, 1.807) is 44.2 Å². The average molecular weight is 521 g/mol. The van der Waals surface area contributed by atoms with Gasteiger partial charge >= 0.3 is 0 Å². The molecule has 0 aliphatic heterocycles. The summed E-state index contributed by atoms with van der Waals surface area (Å²) >= 11 is 6.69. The molecule has 0 bridgehead atoms. The molecule has 0 aliphatic carbocycles. The maximum Gasteiger partial charge on any atom is 0.270 e. The number of aromatic hydroxyl groups is 1. The van der Waals surface area contributed by atoms with Crippen LogP contribution < -0.4 is 5.43 Å². The van der Waals surface area contributed by atoms with Gasteiger partial charge in [0, 0.05) is 33.9 Å². The monoisotopic (exact) mass is 519 g/mol. The van der Waals surface area contributed by atoms with Gasteiger partial charge in [0.1, 0.15) is 5.75 Å². The Morgan fingerprint density at radius 2 is 1.97 bits per heavy atom. The van der Waals surface area contributed by atoms with E-state index >= 15 is 0 Å². The second kappa shape index (κ2) is 8.66. The Balaban J connectivity index is 1.92. The van der Waals surface area contributed by atoms with Crippen molar-refractivity contribution in [3.63, 3.8) is 0 Å². The maximum atomic E-state index is 10.9. The number of anilines is 1. The van der Waals surface area contributed by atoms with Gasteiger partial charge in [-0.1, -0.05) is 28.1 Å². The minimum Gasteiger partial charge on any atom is -0.506 e. The highest BCUT2D eigenvalue weighted by atomic mass is 79.9. The molecular formula is C19H15Br2N5O3. The zero-order valence-electron chi connectivity index (χ0n) is 15.3. The van der Waals surface area contributed by atoms with Crippen molar-refractivity contribution in [1.82, 2.24) is 9.97 Å². The van der Waals surface area contributed by atoms with Crippen LogP contribution in [0.4, 0.5) is 11.5 Å². The van der Waals surface area contributed by atoms with Crippen LogP contribution in [0.15, 0.2) is 56.5 Å². The molecule has 148 valence electrons. The number of phenols is 1. The zero-order valence-corrected chi connectivity index (χ0v) is 18.5. The van der Waals surface area contributed by atoms with Crippen molar-refractivity contribution in [2.24, 2.45) is 5.10 Å². The number of hydrogen-bond acceptors (Lipinski definition) is 7. The van der Waals surface area contributed by atoms with Crippen molar-refractivity contribution in [3.8, 4) is 17.1 Å². The molecule has 29 heavy (non-hydrogen) atoms. The van der Waals surface area contributed by atoms with Crippen LogP contribution in [0.2, 0.25) is 0 Å². The first kappa shape index (κ1) is 20.9. The van der Waals surface area contributed by atoms with E-state index in [2.05, 4.69) is 52.4 Å². The van der Waals surface area contributed by atoms with Crippen LogP contribution in [0.25, 0.3) is 11.4 Å². The van der Waals surface area contributed by atoms with Crippen LogP contribution in [0.1, 0.15) is 18.2 Å². The molecule has 0 saturated heterocycles. The lowest BCUT2D eigenvalue weighted by molar-refractivity contribution is -0.384. The third-order valence-electron chi connectivity index (χ3n) is 3.94. The number of hydrazone groups is 1. The molecule has 0 amide bonds. The minimum absolute atomic E-state index is 0.00655. The number of aromatic nitrogens is 2. The first-order valence-corrected chi connectivity index (χ1v) is 9.92. The Morgan fingerprint density at radius 3 is 2.69 bits per heavy atom. The van der Waals surface area contributed by atoms with Crippen molar-refractivity contribution in [3.05, 3.63) is 72.8 Å². The van der Waals surface area contributed by atoms with Gasteiger partial charge in [-0.15, -0.1) is 0 Å². The lowest BCUT2D eigenvalue weighted by atomic mass is 10.1. The van der Waals surface area contributed by atoms with Gasteiger partial charge in [-0.25, -0.2) is 9.97 Å². The fourth-order valence-electron chi connectivity index (χ4n) is 2.53. The van der Waals surface area contributed by atoms with Gasteiger partial charge in [-0.3, -0.25) is 15.5 Å². The number of aryl methyl sites for hydroxylation is 1. The zero-order chi connectivity index (χ0) is 21.1. The Labute approximate surface area is 183 Å². The lowest BCUT2D eigenvalue weighted by Gasteiger charge is -2.09. The highest BCUT2D eigenvalue weighted by Crippen LogP contribution is 2.37. The van der Waals surface area contributed by atoms with Crippen LogP contribution in [0.5, 0.6) is 5.75 Å². The molecule has 0 saturated carbocycles. The predicted octanol–water partition coefficient (Wildman–Crippen LogP) is 5.43. The topological polar surface area (TPSA) is 114 Å². The summed E-state index contributed by atoms with van der Waals surface area (Å²) in [4.78, 5) is 19.3. The van der Waals surface area contributed by atoms with Gasteiger partial charge in [0.2, 0.25) is 0 Å². The molecule has 0 aliphatic rings. The normalized spacial score (nSPS) is 11.4. The number of benzene rings is 2. The van der Waals surface area contributed by atoms with Gasteiger partial charge in [0.05, 0.1) is 20.7 Å². The highest BCUT2D eigenvalue weighted by Gasteiger charge is 2.14. The molecule has 10 heteroatoms. The maximum absolute atomic E-state index is 10.9. The van der Waals surface area contributed by atoms with E-state index < -0.39 is 4.92 Å². The molecule has 1 aromatic heterocycles. The first-order chi connectivity index (χ1) is 13.7. The molecule has 0 atom stereocenters. The summed E-state index contributed by atoms with van der Waals surface area (Å²) in [7, 11) is 0. The van der Waals surface area contributed by atoms with E-state index in [1.807, 2.05) is 0 Å². The number of nitrogens with one attached hydrogen (secondary N) is 1. The molecule has 0 unspecified atom stereocenters. The van der Waals surface area contributed by atoms with Gasteiger partial charge in [0.15, 0.2) is 11.6 Å². The fraction of sp³-hybridized carbons (Fsp3) is 0.105. The van der Waals surface area contributed by atoms with Crippen LogP contribution in [-0.4, -0.2) is 25.7 Å². The summed E-state index contributed by atoms with van der Waals surface area (Å²) in [6, 6.07) is 11.4. The molecular weight excluding hydrogens is 506 g/mol. The Kier molecular flexibility index (Phi) is 6.23. The second-order valence-corrected chi connectivity index (χ2v) is 7.89. The largest absolute Gasteiger partial charge is 0.506 e. The number of non-ortho nitro benzene ring substituents is 1. The molecule has 0 radical (unpaired) electrons. The standard InChI is InChI=1S/C19H15Br2N5O3/c1-10-6-17(23-19(22-10)15-8-13(20)9-16(21)18(15)27)25-24-11(2)12-4-3-5-14(7-12)26(28)29/h3-9,27H,1-2H3,(H,22,23,25). The lowest BCUT2D eigenvalue weighted by Crippen LogP contribution is -2.03. The molecule has 2 aromatic carbocycles. The van der Waals surface area contributed by atoms with E-state index in [-0.39, 0.29) is 11.4 Å². The fourth-order valence-corrected chi connectivity index (χ4v) is 3.76. The molecule has 3 rings (SSSR count). The van der Waals surface area contributed by atoms with Crippen molar-refractivity contribution >= 4 is 49.1 Å². The van der Waals surface area contributed by atoms with Gasteiger partial charge in [0.25, 0.3) is 5.69 Å². The van der Waals surface area contributed by atoms with Crippen molar-refractivity contribution < 1.29 is 10.0 Å². The summed E-state index contributed by atoms with van der Waals surface area (Å²) in [6.07, 6.45) is 0. The number of nitro groups is 1. The summed E-state index contributed by atoms with van der Waals surface area (Å²) in [5.41, 5.74) is 5.15. The number of rotatable bonds is 5. The molecule has 3 aromatic rings. The van der Waals surface area contributed by atoms with Crippen molar-refractivity contribution in [2.45, 2.75) is 13.8 Å². The smallest absolute Gasteiger partial charge is 0.270 e. The molecule has 0 spiro atoms. The molecule has 8 nitrogen and oxygen atoms in total. The Hall–Kier alpha value is -2.85. The van der Waals surface area contributed by atoms with E-state index in [9.17, 15) is 15.2 Å². The van der Waals surface area contributed by atoms with Crippen molar-refractivity contribution in [1.29, 1.82) is 0 Å². The van der Waals surface area contributed by atoms with E-state index in [0.29, 0.717) is 38.6 Å². The molecule has 0 fully saturated rings. The predicted molar refractivity (Wildman–Crippen MR) is 118 cm³/mol. The van der Waals surface area contributed by atoms with Crippen LogP contribution in [-0.2, 0) is 0 Å². The number of nitro benzene ring substituents is 1. The average Bonchev–Trinajstić information content (AvgIpc) is 2.68. The van der Waals surface area contributed by atoms with Crippen LogP contribution in [0, 0.1) is 17.0 Å². The molecule has 1 heterocycles. The second-order valence-electron chi connectivity index (χ2n) is 6.12. The van der Waals surface area contributed by atoms with Crippen molar-refractivity contribution in [2.75, 3.05) is 5.43 Å². The van der Waals surface area contributed by atoms with Crippen LogP contribution in [0.3, 0.4) is 0 Å². The highest BCUT2D eigenvalue weighted by molar-refractivity contribution is 9.11. The summed E-state index contributed by atoms with van der Waals surface area (Å²) < 4.78 is 1.28.